The first-order chi connectivity index (χ1) is 18.4. The number of anilines is 1. The Balaban J connectivity index is 1.32. The molecule has 0 spiro atoms. The number of amides is 1. The number of halogens is 1. The van der Waals surface area contributed by atoms with Crippen molar-refractivity contribution < 1.29 is 28.2 Å². The lowest BCUT2D eigenvalue weighted by Gasteiger charge is -2.21. The second-order valence-electron chi connectivity index (χ2n) is 8.36. The predicted molar refractivity (Wildman–Crippen MR) is 144 cm³/mol. The maximum absolute atomic E-state index is 13.2. The van der Waals surface area contributed by atoms with Crippen molar-refractivity contribution in [3.63, 3.8) is 0 Å². The third-order valence-electron chi connectivity index (χ3n) is 5.50. The van der Waals surface area contributed by atoms with Crippen LogP contribution in [0.5, 0.6) is 11.5 Å². The minimum absolute atomic E-state index is 0.111. The monoisotopic (exact) mass is 537 g/mol. The number of rotatable bonds is 11. The average Bonchev–Trinajstić information content (AvgIpc) is 3.35. The molecule has 198 valence electrons. The number of fused-ring (bicyclic) bond motifs is 1. The molecule has 4 rings (SSSR count). The van der Waals surface area contributed by atoms with Gasteiger partial charge in [-0.25, -0.2) is 14.2 Å². The molecule has 0 fully saturated rings. The Hall–Kier alpha value is -4.18. The van der Waals surface area contributed by atoms with E-state index in [-0.39, 0.29) is 25.4 Å². The number of hydrogen-bond donors (Lipinski definition) is 0. The summed E-state index contributed by atoms with van der Waals surface area (Å²) in [5.41, 5.74) is 1.75. The average molecular weight is 538 g/mol. The van der Waals surface area contributed by atoms with E-state index in [2.05, 4.69) is 16.0 Å². The lowest BCUT2D eigenvalue weighted by Crippen LogP contribution is -2.38. The van der Waals surface area contributed by atoms with Crippen molar-refractivity contribution in [2.24, 2.45) is 0 Å². The molecule has 0 bridgehead atoms. The van der Waals surface area contributed by atoms with Gasteiger partial charge >= 0.3 is 12.1 Å². The van der Waals surface area contributed by atoms with Gasteiger partial charge in [-0.05, 0) is 61.0 Å². The first-order valence-electron chi connectivity index (χ1n) is 12.1. The molecule has 38 heavy (non-hydrogen) atoms. The summed E-state index contributed by atoms with van der Waals surface area (Å²) >= 11 is 1.64. The van der Waals surface area contributed by atoms with Gasteiger partial charge in [-0.15, -0.1) is 0 Å². The fourth-order valence-corrected chi connectivity index (χ4v) is 4.50. The molecule has 0 aliphatic heterocycles. The van der Waals surface area contributed by atoms with E-state index < -0.39 is 17.9 Å². The molecule has 0 unspecified atom stereocenters. The third-order valence-corrected chi connectivity index (χ3v) is 6.65. The van der Waals surface area contributed by atoms with Gasteiger partial charge in [0, 0.05) is 13.6 Å². The standard InChI is InChI=1S/C28H28FN3O5S/c1-3-35-26(33)19-32(28(34)37-23-14-10-21(29)11-15-23)18-20-8-12-22(13-9-20)36-17-16-31(2)27-30-24-6-4-5-7-25(24)38-27/h4-15H,3,16-19H2,1-2H3. The molecule has 1 aromatic heterocycles. The summed E-state index contributed by atoms with van der Waals surface area (Å²) in [6, 6.07) is 20.3. The summed E-state index contributed by atoms with van der Waals surface area (Å²) in [5.74, 6) is -0.151. The van der Waals surface area contributed by atoms with Crippen molar-refractivity contribution in [2.75, 3.05) is 38.3 Å². The van der Waals surface area contributed by atoms with E-state index in [4.69, 9.17) is 14.2 Å². The normalized spacial score (nSPS) is 10.7. The number of thiazole rings is 1. The van der Waals surface area contributed by atoms with E-state index in [1.807, 2.05) is 37.4 Å². The van der Waals surface area contributed by atoms with Crippen LogP contribution in [0.1, 0.15) is 12.5 Å². The van der Waals surface area contributed by atoms with Gasteiger partial charge in [-0.3, -0.25) is 9.69 Å². The van der Waals surface area contributed by atoms with Crippen molar-refractivity contribution in [1.29, 1.82) is 0 Å². The second kappa shape index (κ2) is 12.9. The number of carbonyl (C=O) groups excluding carboxylic acids is 2. The predicted octanol–water partition coefficient (Wildman–Crippen LogP) is 5.51. The first kappa shape index (κ1) is 26.9. The van der Waals surface area contributed by atoms with Crippen molar-refractivity contribution in [2.45, 2.75) is 13.5 Å². The zero-order chi connectivity index (χ0) is 26.9. The Morgan fingerprint density at radius 2 is 1.68 bits per heavy atom. The lowest BCUT2D eigenvalue weighted by atomic mass is 10.2. The van der Waals surface area contributed by atoms with Crippen LogP contribution in [0.25, 0.3) is 10.2 Å². The Bertz CT molecular complexity index is 1330. The van der Waals surface area contributed by atoms with Gasteiger partial charge in [0.25, 0.3) is 0 Å². The van der Waals surface area contributed by atoms with Crippen LogP contribution >= 0.6 is 11.3 Å². The van der Waals surface area contributed by atoms with Crippen LogP contribution < -0.4 is 14.4 Å². The zero-order valence-corrected chi connectivity index (χ0v) is 21.9. The van der Waals surface area contributed by atoms with Gasteiger partial charge in [0.05, 0.1) is 23.4 Å². The summed E-state index contributed by atoms with van der Waals surface area (Å²) in [5, 5.41) is 0.930. The quantitative estimate of drug-likeness (QED) is 0.233. The summed E-state index contributed by atoms with van der Waals surface area (Å²) in [6.07, 6.45) is -0.747. The van der Waals surface area contributed by atoms with Crippen molar-refractivity contribution in [3.05, 3.63) is 84.2 Å². The van der Waals surface area contributed by atoms with Crippen molar-refractivity contribution in [1.82, 2.24) is 9.88 Å². The van der Waals surface area contributed by atoms with E-state index in [1.165, 1.54) is 29.2 Å². The number of likely N-dealkylation sites (N-methyl/N-ethyl adjacent to an activating group) is 1. The van der Waals surface area contributed by atoms with Gasteiger partial charge in [0.2, 0.25) is 0 Å². The molecule has 0 N–H and O–H groups in total. The fraction of sp³-hybridized carbons (Fsp3) is 0.250. The van der Waals surface area contributed by atoms with Gasteiger partial charge < -0.3 is 19.1 Å². The largest absolute Gasteiger partial charge is 0.492 e. The topological polar surface area (TPSA) is 81.2 Å². The van der Waals surface area contributed by atoms with Crippen LogP contribution in [-0.2, 0) is 16.1 Å². The van der Waals surface area contributed by atoms with Gasteiger partial charge in [0.1, 0.15) is 30.5 Å². The molecular formula is C28H28FN3O5S. The highest BCUT2D eigenvalue weighted by molar-refractivity contribution is 7.22. The molecule has 10 heteroatoms. The summed E-state index contributed by atoms with van der Waals surface area (Å²) in [4.78, 5) is 32.8. The summed E-state index contributed by atoms with van der Waals surface area (Å²) in [6.45, 7) is 2.83. The number of benzene rings is 3. The SMILES string of the molecule is CCOC(=O)CN(Cc1ccc(OCCN(C)c2nc3ccccc3s2)cc1)C(=O)Oc1ccc(F)cc1. The van der Waals surface area contributed by atoms with Gasteiger partial charge in [0.15, 0.2) is 5.13 Å². The molecule has 0 aliphatic rings. The van der Waals surface area contributed by atoms with Gasteiger partial charge in [-0.1, -0.05) is 35.6 Å². The van der Waals surface area contributed by atoms with E-state index in [0.717, 1.165) is 20.9 Å². The Morgan fingerprint density at radius 1 is 0.974 bits per heavy atom. The highest BCUT2D eigenvalue weighted by Gasteiger charge is 2.21. The number of aromatic nitrogens is 1. The molecular weight excluding hydrogens is 509 g/mol. The molecule has 0 saturated heterocycles. The summed E-state index contributed by atoms with van der Waals surface area (Å²) in [7, 11) is 1.98. The number of para-hydroxylation sites is 1. The minimum atomic E-state index is -0.747. The highest BCUT2D eigenvalue weighted by atomic mass is 32.1. The van der Waals surface area contributed by atoms with Crippen LogP contribution in [0.3, 0.4) is 0 Å². The molecule has 8 nitrogen and oxygen atoms in total. The number of esters is 1. The Morgan fingerprint density at radius 3 is 2.39 bits per heavy atom. The molecule has 0 atom stereocenters. The Labute approximate surface area is 224 Å². The zero-order valence-electron chi connectivity index (χ0n) is 21.1. The number of hydrogen-bond acceptors (Lipinski definition) is 8. The van der Waals surface area contributed by atoms with Crippen LogP contribution in [-0.4, -0.2) is 55.3 Å². The number of nitrogens with zero attached hydrogens (tertiary/aromatic N) is 3. The van der Waals surface area contributed by atoms with Crippen LogP contribution in [0.15, 0.2) is 72.8 Å². The molecule has 4 aromatic rings. The Kier molecular flexibility index (Phi) is 9.10. The molecule has 0 saturated carbocycles. The molecule has 3 aromatic carbocycles. The number of ether oxygens (including phenoxy) is 3. The van der Waals surface area contributed by atoms with Crippen LogP contribution in [0.2, 0.25) is 0 Å². The first-order valence-corrected chi connectivity index (χ1v) is 12.9. The molecule has 0 aliphatic carbocycles. The molecule has 0 radical (unpaired) electrons. The van der Waals surface area contributed by atoms with Crippen LogP contribution in [0.4, 0.5) is 14.3 Å². The third kappa shape index (κ3) is 7.42. The van der Waals surface area contributed by atoms with Gasteiger partial charge in [-0.2, -0.15) is 0 Å². The second-order valence-corrected chi connectivity index (χ2v) is 9.37. The van der Waals surface area contributed by atoms with E-state index >= 15 is 0 Å². The maximum Gasteiger partial charge on any atom is 0.416 e. The van der Waals surface area contributed by atoms with Crippen molar-refractivity contribution in [3.8, 4) is 11.5 Å². The molecule has 1 amide bonds. The van der Waals surface area contributed by atoms with Crippen LogP contribution in [0, 0.1) is 5.82 Å². The highest BCUT2D eigenvalue weighted by Crippen LogP contribution is 2.27. The summed E-state index contributed by atoms with van der Waals surface area (Å²) < 4.78 is 30.5. The minimum Gasteiger partial charge on any atom is -0.492 e. The van der Waals surface area contributed by atoms with E-state index in [9.17, 15) is 14.0 Å². The smallest absolute Gasteiger partial charge is 0.416 e. The van der Waals surface area contributed by atoms with E-state index in [0.29, 0.717) is 18.9 Å². The maximum atomic E-state index is 13.2. The number of carbonyl (C=O) groups is 2. The molecule has 1 heterocycles. The van der Waals surface area contributed by atoms with E-state index in [1.54, 1.807) is 30.4 Å². The lowest BCUT2D eigenvalue weighted by molar-refractivity contribution is -0.144. The van der Waals surface area contributed by atoms with Crippen molar-refractivity contribution >= 4 is 38.7 Å². The fourth-order valence-electron chi connectivity index (χ4n) is 3.55.